The molecule has 6 heteroatoms. The van der Waals surface area contributed by atoms with Crippen LogP contribution in [0.2, 0.25) is 0 Å². The quantitative estimate of drug-likeness (QED) is 0.180. The monoisotopic (exact) mass is 748 g/mol. The van der Waals surface area contributed by atoms with E-state index >= 15 is 0 Å². The number of fused-ring (bicyclic) bond motifs is 16. The molecular formula is C50H28N4S2. The SMILES string of the molecule is c1ccc(-n2c3ccccc3c3ccc(-c4nc(-n5c6ccccc6c6c7sc8ccccc8c7c7ccccc7c65)c5sc6ccccc6c5n4)cc32)cc1. The minimum atomic E-state index is 0.709. The van der Waals surface area contributed by atoms with Crippen molar-refractivity contribution in [3.8, 4) is 22.9 Å². The highest BCUT2D eigenvalue weighted by atomic mass is 32.1. The Kier molecular flexibility index (Phi) is 6.17. The predicted octanol–water partition coefficient (Wildman–Crippen LogP) is 14.2. The fourth-order valence-corrected chi connectivity index (χ4v) is 11.6. The van der Waals surface area contributed by atoms with Gasteiger partial charge < -0.3 is 4.57 Å². The van der Waals surface area contributed by atoms with E-state index in [1.807, 2.05) is 11.3 Å². The van der Waals surface area contributed by atoms with E-state index in [2.05, 4.69) is 179 Å². The molecule has 0 N–H and O–H groups in total. The van der Waals surface area contributed by atoms with E-state index in [9.17, 15) is 0 Å². The third kappa shape index (κ3) is 4.06. The number of thiophene rings is 2. The van der Waals surface area contributed by atoms with Crippen LogP contribution in [0.25, 0.3) is 118 Å². The van der Waals surface area contributed by atoms with Crippen molar-refractivity contribution in [2.45, 2.75) is 0 Å². The van der Waals surface area contributed by atoms with Crippen molar-refractivity contribution in [1.82, 2.24) is 19.1 Å². The Labute approximate surface area is 327 Å². The van der Waals surface area contributed by atoms with Gasteiger partial charge in [-0.25, -0.2) is 9.97 Å². The Hall–Kier alpha value is -6.86. The number of hydrogen-bond donors (Lipinski definition) is 0. The van der Waals surface area contributed by atoms with Crippen molar-refractivity contribution in [3.05, 3.63) is 170 Å². The van der Waals surface area contributed by atoms with Gasteiger partial charge in [0, 0.05) is 68.4 Å². The summed E-state index contributed by atoms with van der Waals surface area (Å²) in [5.41, 5.74) is 7.72. The van der Waals surface area contributed by atoms with Gasteiger partial charge in [0.05, 0.1) is 32.3 Å². The minimum Gasteiger partial charge on any atom is -0.309 e. The first kappa shape index (κ1) is 30.5. The van der Waals surface area contributed by atoms with Crippen molar-refractivity contribution in [1.29, 1.82) is 0 Å². The van der Waals surface area contributed by atoms with Crippen molar-refractivity contribution in [2.24, 2.45) is 0 Å². The molecule has 0 fully saturated rings. The molecule has 0 radical (unpaired) electrons. The van der Waals surface area contributed by atoms with E-state index in [0.717, 1.165) is 43.7 Å². The highest BCUT2D eigenvalue weighted by Gasteiger charge is 2.25. The molecule has 0 aliphatic rings. The number of hydrogen-bond acceptors (Lipinski definition) is 4. The maximum atomic E-state index is 5.66. The summed E-state index contributed by atoms with van der Waals surface area (Å²) in [4.78, 5) is 11.1. The van der Waals surface area contributed by atoms with Crippen LogP contribution in [-0.2, 0) is 0 Å². The van der Waals surface area contributed by atoms with E-state index in [1.165, 1.54) is 68.2 Å². The third-order valence-electron chi connectivity index (χ3n) is 11.5. The summed E-state index contributed by atoms with van der Waals surface area (Å²) >= 11 is 3.67. The first-order valence-corrected chi connectivity index (χ1v) is 20.5. The van der Waals surface area contributed by atoms with Gasteiger partial charge in [0.15, 0.2) is 11.6 Å². The molecule has 0 saturated heterocycles. The van der Waals surface area contributed by atoms with Crippen LogP contribution < -0.4 is 0 Å². The standard InChI is InChI=1S/C50H28N4S2/c1-2-14-30(15-3-1)53-38-22-10-6-16-31(38)32-27-26-29(28-40(32)53)49-51-45-37-21-9-13-25-42(37)56-48(45)50(52-49)54-39-23-11-7-19-35(39)44-46(54)34-18-5-4-17-33(34)43-36-20-8-12-24-41(36)55-47(43)44/h1-28H. The lowest BCUT2D eigenvalue weighted by molar-refractivity contribution is 1.08. The fourth-order valence-electron chi connectivity index (χ4n) is 9.16. The summed E-state index contributed by atoms with van der Waals surface area (Å²) in [7, 11) is 0. The van der Waals surface area contributed by atoms with Gasteiger partial charge in [0.2, 0.25) is 0 Å². The number of nitrogens with zero attached hydrogens (tertiary/aromatic N) is 4. The Morgan fingerprint density at radius 3 is 1.79 bits per heavy atom. The van der Waals surface area contributed by atoms with Crippen LogP contribution in [0.15, 0.2) is 170 Å². The molecule has 56 heavy (non-hydrogen) atoms. The number of benzene rings is 8. The zero-order valence-corrected chi connectivity index (χ0v) is 31.4. The lowest BCUT2D eigenvalue weighted by Crippen LogP contribution is -2.02. The number of aromatic nitrogens is 4. The Balaban J connectivity index is 1.19. The van der Waals surface area contributed by atoms with E-state index in [4.69, 9.17) is 9.97 Å². The van der Waals surface area contributed by atoms with Gasteiger partial charge in [-0.2, -0.15) is 0 Å². The zero-order chi connectivity index (χ0) is 36.5. The van der Waals surface area contributed by atoms with Crippen molar-refractivity contribution >= 4 is 118 Å². The zero-order valence-electron chi connectivity index (χ0n) is 29.8. The number of para-hydroxylation sites is 3. The van der Waals surface area contributed by atoms with Crippen LogP contribution in [0.5, 0.6) is 0 Å². The Morgan fingerprint density at radius 1 is 0.393 bits per heavy atom. The molecular weight excluding hydrogens is 721 g/mol. The second-order valence-corrected chi connectivity index (χ2v) is 16.6. The van der Waals surface area contributed by atoms with Crippen LogP contribution in [0.1, 0.15) is 0 Å². The molecule has 260 valence electrons. The summed E-state index contributed by atoms with van der Waals surface area (Å²) in [6, 6.07) is 61.3. The average Bonchev–Trinajstić information content (AvgIpc) is 4.01. The molecule has 0 amide bonds. The van der Waals surface area contributed by atoms with Gasteiger partial charge in [-0.05, 0) is 47.9 Å². The molecule has 8 aromatic carbocycles. The highest BCUT2D eigenvalue weighted by Crippen LogP contribution is 2.49. The molecule has 0 aliphatic carbocycles. The van der Waals surface area contributed by atoms with E-state index in [0.29, 0.717) is 5.82 Å². The van der Waals surface area contributed by atoms with Crippen molar-refractivity contribution in [2.75, 3.05) is 0 Å². The van der Waals surface area contributed by atoms with Crippen LogP contribution in [0.4, 0.5) is 0 Å². The van der Waals surface area contributed by atoms with Gasteiger partial charge in [0.1, 0.15) is 0 Å². The molecule has 5 heterocycles. The van der Waals surface area contributed by atoms with Crippen LogP contribution in [-0.4, -0.2) is 19.1 Å². The second-order valence-electron chi connectivity index (χ2n) is 14.5. The van der Waals surface area contributed by atoms with Crippen LogP contribution >= 0.6 is 22.7 Å². The summed E-state index contributed by atoms with van der Waals surface area (Å²) in [5, 5.41) is 11.2. The summed E-state index contributed by atoms with van der Waals surface area (Å²) in [6.45, 7) is 0. The lowest BCUT2D eigenvalue weighted by Gasteiger charge is -2.13. The smallest absolute Gasteiger partial charge is 0.162 e. The third-order valence-corrected chi connectivity index (χ3v) is 13.9. The average molecular weight is 749 g/mol. The summed E-state index contributed by atoms with van der Waals surface area (Å²) < 4.78 is 9.71. The van der Waals surface area contributed by atoms with Crippen LogP contribution in [0.3, 0.4) is 0 Å². The van der Waals surface area contributed by atoms with Gasteiger partial charge in [-0.1, -0.05) is 127 Å². The molecule has 0 bridgehead atoms. The second kappa shape index (κ2) is 11.3. The molecule has 0 unspecified atom stereocenters. The summed E-state index contributed by atoms with van der Waals surface area (Å²) in [5.74, 6) is 1.62. The topological polar surface area (TPSA) is 35.6 Å². The summed E-state index contributed by atoms with van der Waals surface area (Å²) in [6.07, 6.45) is 0. The normalized spacial score (nSPS) is 12.3. The molecule has 4 nitrogen and oxygen atoms in total. The van der Waals surface area contributed by atoms with Gasteiger partial charge in [-0.3, -0.25) is 4.57 Å². The lowest BCUT2D eigenvalue weighted by atomic mass is 10.00. The molecule has 0 atom stereocenters. The van der Waals surface area contributed by atoms with E-state index in [-0.39, 0.29) is 0 Å². The first-order valence-electron chi connectivity index (χ1n) is 18.8. The number of rotatable bonds is 3. The molecule has 13 rings (SSSR count). The predicted molar refractivity (Wildman–Crippen MR) is 239 cm³/mol. The van der Waals surface area contributed by atoms with Gasteiger partial charge in [-0.15, -0.1) is 22.7 Å². The van der Waals surface area contributed by atoms with Crippen molar-refractivity contribution < 1.29 is 0 Å². The van der Waals surface area contributed by atoms with E-state index in [1.54, 1.807) is 11.3 Å². The van der Waals surface area contributed by atoms with Crippen molar-refractivity contribution in [3.63, 3.8) is 0 Å². The fraction of sp³-hybridized carbons (Fsp3) is 0. The maximum absolute atomic E-state index is 5.66. The Bertz CT molecular complexity index is 3770. The molecule has 0 spiro atoms. The first-order chi connectivity index (χ1) is 27.8. The van der Waals surface area contributed by atoms with Gasteiger partial charge >= 0.3 is 0 Å². The molecule has 0 aliphatic heterocycles. The Morgan fingerprint density at radius 2 is 0.982 bits per heavy atom. The molecule has 0 saturated carbocycles. The van der Waals surface area contributed by atoms with Crippen LogP contribution in [0, 0.1) is 0 Å². The highest BCUT2D eigenvalue weighted by molar-refractivity contribution is 7.27. The van der Waals surface area contributed by atoms with Gasteiger partial charge in [0.25, 0.3) is 0 Å². The molecule has 13 aromatic rings. The largest absolute Gasteiger partial charge is 0.309 e. The molecule has 5 aromatic heterocycles. The maximum Gasteiger partial charge on any atom is 0.162 e. The minimum absolute atomic E-state index is 0.709. The van der Waals surface area contributed by atoms with E-state index < -0.39 is 0 Å².